The Kier molecular flexibility index (Phi) is 6.39. The van der Waals surface area contributed by atoms with Crippen LogP contribution in [-0.2, 0) is 11.2 Å². The fraction of sp³-hybridized carbons (Fsp3) is 0.417. The first-order valence-electron chi connectivity index (χ1n) is 11.0. The van der Waals surface area contributed by atoms with E-state index < -0.39 is 0 Å². The van der Waals surface area contributed by atoms with E-state index >= 15 is 0 Å². The van der Waals surface area contributed by atoms with Crippen LogP contribution >= 0.6 is 0 Å². The van der Waals surface area contributed by atoms with Crippen molar-refractivity contribution in [1.82, 2.24) is 20.0 Å². The summed E-state index contributed by atoms with van der Waals surface area (Å²) < 4.78 is 11.0. The third kappa shape index (κ3) is 4.59. The van der Waals surface area contributed by atoms with E-state index in [9.17, 15) is 4.79 Å². The summed E-state index contributed by atoms with van der Waals surface area (Å²) in [7, 11) is 3.81. The molecule has 3 aromatic rings. The molecule has 1 atom stereocenters. The van der Waals surface area contributed by atoms with Gasteiger partial charge in [-0.1, -0.05) is 17.3 Å². The van der Waals surface area contributed by atoms with Gasteiger partial charge in [-0.3, -0.25) is 4.79 Å². The average Bonchev–Trinajstić information content (AvgIpc) is 3.44. The number of amides is 1. The van der Waals surface area contributed by atoms with Gasteiger partial charge in [-0.25, -0.2) is 9.97 Å². The van der Waals surface area contributed by atoms with Crippen LogP contribution in [0.3, 0.4) is 0 Å². The number of rotatable bonds is 7. The predicted molar refractivity (Wildman–Crippen MR) is 122 cm³/mol. The summed E-state index contributed by atoms with van der Waals surface area (Å²) in [6.45, 7) is 5.16. The van der Waals surface area contributed by atoms with Crippen LogP contribution in [0.2, 0.25) is 0 Å². The molecule has 1 fully saturated rings. The van der Waals surface area contributed by atoms with E-state index in [0.29, 0.717) is 31.3 Å². The fourth-order valence-electron chi connectivity index (χ4n) is 4.03. The van der Waals surface area contributed by atoms with E-state index in [2.05, 4.69) is 10.1 Å². The van der Waals surface area contributed by atoms with Crippen LogP contribution in [-0.4, -0.2) is 53.2 Å². The molecular formula is C24H29N5O3. The zero-order valence-corrected chi connectivity index (χ0v) is 19.0. The minimum atomic E-state index is -0.132. The molecule has 3 heterocycles. The van der Waals surface area contributed by atoms with Crippen molar-refractivity contribution in [2.45, 2.75) is 39.2 Å². The van der Waals surface area contributed by atoms with E-state index in [1.165, 1.54) is 0 Å². The molecule has 8 nitrogen and oxygen atoms in total. The molecule has 0 N–H and O–H groups in total. The molecule has 32 heavy (non-hydrogen) atoms. The molecule has 1 saturated heterocycles. The van der Waals surface area contributed by atoms with Crippen molar-refractivity contribution >= 4 is 11.9 Å². The lowest BCUT2D eigenvalue weighted by Gasteiger charge is -2.26. The minimum Gasteiger partial charge on any atom is -0.494 e. The second-order valence-electron chi connectivity index (χ2n) is 8.19. The van der Waals surface area contributed by atoms with Crippen molar-refractivity contribution in [1.29, 1.82) is 0 Å². The summed E-state index contributed by atoms with van der Waals surface area (Å²) in [4.78, 5) is 26.4. The number of carbonyl (C=O) groups is 1. The number of aromatic nitrogens is 3. The highest BCUT2D eigenvalue weighted by atomic mass is 16.5. The molecule has 0 bridgehead atoms. The number of hydrogen-bond donors (Lipinski definition) is 0. The quantitative estimate of drug-likeness (QED) is 0.558. The molecule has 4 rings (SSSR count). The topological polar surface area (TPSA) is 84.6 Å². The number of aryl methyl sites for hydroxylation is 1. The van der Waals surface area contributed by atoms with Crippen molar-refractivity contribution in [2.75, 3.05) is 32.1 Å². The summed E-state index contributed by atoms with van der Waals surface area (Å²) >= 11 is 0. The van der Waals surface area contributed by atoms with Crippen LogP contribution in [0.1, 0.15) is 42.8 Å². The monoisotopic (exact) mass is 435 g/mol. The summed E-state index contributed by atoms with van der Waals surface area (Å²) in [5.74, 6) is 2.12. The highest BCUT2D eigenvalue weighted by Crippen LogP contribution is 2.37. The van der Waals surface area contributed by atoms with Gasteiger partial charge in [0.2, 0.25) is 11.9 Å². The van der Waals surface area contributed by atoms with Gasteiger partial charge in [-0.2, -0.15) is 0 Å². The Morgan fingerprint density at radius 1 is 1.28 bits per heavy atom. The molecule has 0 spiro atoms. The van der Waals surface area contributed by atoms with Crippen LogP contribution < -0.4 is 9.64 Å². The number of benzene rings is 1. The molecular weight excluding hydrogens is 406 g/mol. The molecule has 0 radical (unpaired) electrons. The van der Waals surface area contributed by atoms with Gasteiger partial charge in [0.1, 0.15) is 5.75 Å². The number of carbonyl (C=O) groups excluding carboxylic acids is 1. The molecule has 1 aliphatic rings. The van der Waals surface area contributed by atoms with Crippen LogP contribution in [0.4, 0.5) is 5.95 Å². The zero-order valence-electron chi connectivity index (χ0n) is 19.0. The van der Waals surface area contributed by atoms with Gasteiger partial charge < -0.3 is 19.1 Å². The van der Waals surface area contributed by atoms with Crippen LogP contribution in [0.5, 0.6) is 5.75 Å². The van der Waals surface area contributed by atoms with Crippen LogP contribution in [0.15, 0.2) is 41.1 Å². The highest BCUT2D eigenvalue weighted by Gasteiger charge is 2.34. The Bertz CT molecular complexity index is 1080. The standard InChI is InChI=1S/C24H29N5O3/c1-5-31-18-10-8-17(9-11-18)14-22(30)29-12-6-7-20(29)23-19(21-13-16(2)27-32-21)15-25-24(26-23)28(3)4/h8-11,13,15,20H,5-7,12,14H2,1-4H3. The summed E-state index contributed by atoms with van der Waals surface area (Å²) in [5, 5.41) is 4.02. The number of anilines is 1. The average molecular weight is 436 g/mol. The molecule has 1 aliphatic heterocycles. The fourth-order valence-corrected chi connectivity index (χ4v) is 4.03. The molecule has 1 unspecified atom stereocenters. The molecule has 8 heteroatoms. The van der Waals surface area contributed by atoms with Gasteiger partial charge >= 0.3 is 0 Å². The van der Waals surface area contributed by atoms with Crippen molar-refractivity contribution < 1.29 is 14.1 Å². The number of ether oxygens (including phenoxy) is 1. The van der Waals surface area contributed by atoms with Gasteiger partial charge in [0.25, 0.3) is 0 Å². The maximum Gasteiger partial charge on any atom is 0.227 e. The molecule has 1 amide bonds. The number of likely N-dealkylation sites (tertiary alicyclic amines) is 1. The normalized spacial score (nSPS) is 15.8. The third-order valence-electron chi connectivity index (χ3n) is 5.58. The Labute approximate surface area is 188 Å². The second-order valence-corrected chi connectivity index (χ2v) is 8.19. The van der Waals surface area contributed by atoms with Crippen LogP contribution in [0.25, 0.3) is 11.3 Å². The van der Waals surface area contributed by atoms with Gasteiger partial charge in [-0.05, 0) is 44.4 Å². The Balaban J connectivity index is 1.62. The van der Waals surface area contributed by atoms with Gasteiger partial charge in [0.05, 0.1) is 36.0 Å². The summed E-state index contributed by atoms with van der Waals surface area (Å²) in [6, 6.07) is 9.46. The first kappa shape index (κ1) is 21.8. The Hall–Kier alpha value is -3.42. The van der Waals surface area contributed by atoms with Gasteiger partial charge in [-0.15, -0.1) is 0 Å². The summed E-state index contributed by atoms with van der Waals surface area (Å²) in [6.07, 6.45) is 3.88. The van der Waals surface area contributed by atoms with Crippen molar-refractivity contribution in [3.63, 3.8) is 0 Å². The zero-order chi connectivity index (χ0) is 22.7. The van der Waals surface area contributed by atoms with Crippen LogP contribution in [0, 0.1) is 6.92 Å². The maximum absolute atomic E-state index is 13.3. The SMILES string of the molecule is CCOc1ccc(CC(=O)N2CCCC2c2nc(N(C)C)ncc2-c2cc(C)no2)cc1. The van der Waals surface area contributed by atoms with E-state index in [-0.39, 0.29) is 11.9 Å². The lowest BCUT2D eigenvalue weighted by molar-refractivity contribution is -0.131. The lowest BCUT2D eigenvalue weighted by atomic mass is 10.0. The van der Waals surface area contributed by atoms with Crippen molar-refractivity contribution in [3.05, 3.63) is 53.5 Å². The maximum atomic E-state index is 13.3. The lowest BCUT2D eigenvalue weighted by Crippen LogP contribution is -2.32. The summed E-state index contributed by atoms with van der Waals surface area (Å²) in [5.41, 5.74) is 3.34. The molecule has 168 valence electrons. The highest BCUT2D eigenvalue weighted by molar-refractivity contribution is 5.80. The van der Waals surface area contributed by atoms with E-state index in [1.807, 2.05) is 68.1 Å². The minimum absolute atomic E-state index is 0.0846. The van der Waals surface area contributed by atoms with Gasteiger partial charge in [0, 0.05) is 32.9 Å². The second kappa shape index (κ2) is 9.38. The predicted octanol–water partition coefficient (Wildman–Crippen LogP) is 3.81. The smallest absolute Gasteiger partial charge is 0.227 e. The number of hydrogen-bond acceptors (Lipinski definition) is 7. The van der Waals surface area contributed by atoms with Gasteiger partial charge in [0.15, 0.2) is 5.76 Å². The Morgan fingerprint density at radius 2 is 2.06 bits per heavy atom. The van der Waals surface area contributed by atoms with E-state index in [1.54, 1.807) is 6.20 Å². The Morgan fingerprint density at radius 3 is 2.72 bits per heavy atom. The molecule has 1 aromatic carbocycles. The van der Waals surface area contributed by atoms with E-state index in [0.717, 1.165) is 41.1 Å². The molecule has 2 aromatic heterocycles. The first-order chi connectivity index (χ1) is 15.5. The van der Waals surface area contributed by atoms with Crippen molar-refractivity contribution in [2.24, 2.45) is 0 Å². The van der Waals surface area contributed by atoms with E-state index in [4.69, 9.17) is 14.2 Å². The largest absolute Gasteiger partial charge is 0.494 e. The molecule has 0 saturated carbocycles. The first-order valence-corrected chi connectivity index (χ1v) is 11.0. The third-order valence-corrected chi connectivity index (χ3v) is 5.58. The molecule has 0 aliphatic carbocycles. The van der Waals surface area contributed by atoms with Crippen molar-refractivity contribution in [3.8, 4) is 17.1 Å². The number of nitrogens with zero attached hydrogens (tertiary/aromatic N) is 5.